The van der Waals surface area contributed by atoms with E-state index >= 15 is 0 Å². The fourth-order valence-electron chi connectivity index (χ4n) is 8.12. The zero-order valence-corrected chi connectivity index (χ0v) is 42.8. The minimum atomic E-state index is -0.775. The van der Waals surface area contributed by atoms with Crippen molar-refractivity contribution in [1.82, 2.24) is 0 Å². The SMILES string of the molecule is CCCCC/C=C\C/C=C\CCCCCCCC(=O)OC[C@H](COC(=O)CCCCCCCCCCCCCC)OC(=O)CCCCCCCCCCC/C=C\CCCCCCCC. The zero-order chi connectivity index (χ0) is 46.5. The van der Waals surface area contributed by atoms with Gasteiger partial charge < -0.3 is 14.2 Å². The van der Waals surface area contributed by atoms with Gasteiger partial charge in [0.05, 0.1) is 0 Å². The summed E-state index contributed by atoms with van der Waals surface area (Å²) in [6.07, 6.45) is 62.7. The number of hydrogen-bond acceptors (Lipinski definition) is 6. The number of ether oxygens (including phenoxy) is 3. The van der Waals surface area contributed by atoms with Gasteiger partial charge in [-0.2, -0.15) is 0 Å². The maximum atomic E-state index is 12.8. The summed E-state index contributed by atoms with van der Waals surface area (Å²) < 4.78 is 16.8. The summed E-state index contributed by atoms with van der Waals surface area (Å²) in [6.45, 7) is 6.62. The summed E-state index contributed by atoms with van der Waals surface area (Å²) in [6, 6.07) is 0. The molecule has 6 heteroatoms. The van der Waals surface area contributed by atoms with Crippen molar-refractivity contribution in [3.8, 4) is 0 Å². The first-order chi connectivity index (χ1) is 31.5. The van der Waals surface area contributed by atoms with Crippen molar-refractivity contribution in [2.24, 2.45) is 0 Å². The van der Waals surface area contributed by atoms with Gasteiger partial charge in [0.2, 0.25) is 0 Å². The number of rotatable bonds is 51. The van der Waals surface area contributed by atoms with E-state index in [0.717, 1.165) is 77.0 Å². The van der Waals surface area contributed by atoms with Crippen LogP contribution in [0.1, 0.15) is 297 Å². The molecule has 374 valence electrons. The maximum absolute atomic E-state index is 12.8. The molecule has 0 spiro atoms. The molecule has 64 heavy (non-hydrogen) atoms. The van der Waals surface area contributed by atoms with Crippen molar-refractivity contribution in [3.05, 3.63) is 36.5 Å². The third kappa shape index (κ3) is 50.6. The minimum Gasteiger partial charge on any atom is -0.462 e. The van der Waals surface area contributed by atoms with E-state index in [4.69, 9.17) is 14.2 Å². The van der Waals surface area contributed by atoms with Gasteiger partial charge in [0.1, 0.15) is 13.2 Å². The molecule has 0 unspecified atom stereocenters. The molecule has 0 aromatic carbocycles. The molecule has 0 fully saturated rings. The average molecular weight is 899 g/mol. The predicted molar refractivity (Wildman–Crippen MR) is 275 cm³/mol. The number of hydrogen-bond donors (Lipinski definition) is 0. The van der Waals surface area contributed by atoms with Crippen LogP contribution in [0.15, 0.2) is 36.5 Å². The molecular weight excluding hydrogens is 793 g/mol. The van der Waals surface area contributed by atoms with Crippen LogP contribution in [0.4, 0.5) is 0 Å². The van der Waals surface area contributed by atoms with Crippen molar-refractivity contribution in [2.75, 3.05) is 13.2 Å². The lowest BCUT2D eigenvalue weighted by Gasteiger charge is -2.18. The molecule has 0 N–H and O–H groups in total. The first kappa shape index (κ1) is 61.6. The summed E-state index contributed by atoms with van der Waals surface area (Å²) in [5.74, 6) is -0.877. The second-order valence-corrected chi connectivity index (χ2v) is 18.8. The molecular formula is C58H106O6. The van der Waals surface area contributed by atoms with Gasteiger partial charge in [-0.05, 0) is 77.0 Å². The Balaban J connectivity index is 4.34. The smallest absolute Gasteiger partial charge is 0.306 e. The highest BCUT2D eigenvalue weighted by Crippen LogP contribution is 2.16. The summed E-state index contributed by atoms with van der Waals surface area (Å²) in [5.41, 5.74) is 0. The van der Waals surface area contributed by atoms with E-state index in [0.29, 0.717) is 19.3 Å². The van der Waals surface area contributed by atoms with Crippen LogP contribution in [0.25, 0.3) is 0 Å². The number of esters is 3. The van der Waals surface area contributed by atoms with Gasteiger partial charge in [-0.1, -0.05) is 237 Å². The van der Waals surface area contributed by atoms with E-state index in [1.54, 1.807) is 0 Å². The van der Waals surface area contributed by atoms with Crippen LogP contribution < -0.4 is 0 Å². The van der Waals surface area contributed by atoms with Gasteiger partial charge in [0.25, 0.3) is 0 Å². The Kier molecular flexibility index (Phi) is 51.3. The Labute approximate surface area is 397 Å². The molecule has 0 aromatic heterocycles. The molecule has 0 aliphatic heterocycles. The molecule has 0 saturated heterocycles. The van der Waals surface area contributed by atoms with Crippen molar-refractivity contribution >= 4 is 17.9 Å². The molecule has 6 nitrogen and oxygen atoms in total. The molecule has 0 heterocycles. The Hall–Kier alpha value is -2.37. The van der Waals surface area contributed by atoms with Crippen LogP contribution in [0.3, 0.4) is 0 Å². The van der Waals surface area contributed by atoms with Crippen LogP contribution >= 0.6 is 0 Å². The van der Waals surface area contributed by atoms with Crippen molar-refractivity contribution in [3.63, 3.8) is 0 Å². The standard InChI is InChI=1S/C58H106O6/c1-4-7-10-13-16-19-22-25-27-28-29-30-32-34-37-40-43-46-49-52-58(61)64-55(53-62-56(59)50-47-44-41-38-35-24-21-18-15-12-9-6-3)54-63-57(60)51-48-45-42-39-36-33-31-26-23-20-17-14-11-8-5-2/h17,20,25-27,31,55H,4-16,18-19,21-24,28-30,32-54H2,1-3H3/b20-17-,27-25-,31-26-/t55-/m0/s1. The monoisotopic (exact) mass is 899 g/mol. The van der Waals surface area contributed by atoms with E-state index < -0.39 is 6.10 Å². The summed E-state index contributed by atoms with van der Waals surface area (Å²) >= 11 is 0. The lowest BCUT2D eigenvalue weighted by molar-refractivity contribution is -0.167. The third-order valence-electron chi connectivity index (χ3n) is 12.4. The predicted octanol–water partition coefficient (Wildman–Crippen LogP) is 18.5. The Morgan fingerprint density at radius 2 is 0.562 bits per heavy atom. The minimum absolute atomic E-state index is 0.0741. The van der Waals surface area contributed by atoms with Crippen LogP contribution in [0.2, 0.25) is 0 Å². The van der Waals surface area contributed by atoms with E-state index in [1.165, 1.54) is 180 Å². The normalized spacial score (nSPS) is 12.2. The van der Waals surface area contributed by atoms with E-state index in [-0.39, 0.29) is 31.1 Å². The Morgan fingerprint density at radius 1 is 0.312 bits per heavy atom. The number of allylic oxidation sites excluding steroid dienone is 6. The first-order valence-corrected chi connectivity index (χ1v) is 28.0. The van der Waals surface area contributed by atoms with Crippen LogP contribution in [-0.4, -0.2) is 37.2 Å². The molecule has 1 atom stereocenters. The maximum Gasteiger partial charge on any atom is 0.306 e. The number of carbonyl (C=O) groups is 3. The lowest BCUT2D eigenvalue weighted by Crippen LogP contribution is -2.30. The number of unbranched alkanes of at least 4 members (excludes halogenated alkanes) is 34. The van der Waals surface area contributed by atoms with Crippen LogP contribution in [-0.2, 0) is 28.6 Å². The van der Waals surface area contributed by atoms with Gasteiger partial charge in [0.15, 0.2) is 6.10 Å². The molecule has 0 aromatic rings. The van der Waals surface area contributed by atoms with Crippen LogP contribution in [0.5, 0.6) is 0 Å². The Bertz CT molecular complexity index is 1080. The first-order valence-electron chi connectivity index (χ1n) is 28.0. The summed E-state index contributed by atoms with van der Waals surface area (Å²) in [4.78, 5) is 38.1. The molecule has 0 radical (unpaired) electrons. The summed E-state index contributed by atoms with van der Waals surface area (Å²) in [5, 5.41) is 0. The largest absolute Gasteiger partial charge is 0.462 e. The van der Waals surface area contributed by atoms with Gasteiger partial charge in [0, 0.05) is 19.3 Å². The molecule has 0 saturated carbocycles. The fraction of sp³-hybridized carbons (Fsp3) is 0.845. The van der Waals surface area contributed by atoms with Crippen molar-refractivity contribution < 1.29 is 28.6 Å². The highest BCUT2D eigenvalue weighted by molar-refractivity contribution is 5.71. The van der Waals surface area contributed by atoms with Gasteiger partial charge in [-0.25, -0.2) is 0 Å². The molecule has 0 aliphatic carbocycles. The second kappa shape index (κ2) is 53.2. The third-order valence-corrected chi connectivity index (χ3v) is 12.4. The highest BCUT2D eigenvalue weighted by Gasteiger charge is 2.19. The second-order valence-electron chi connectivity index (χ2n) is 18.8. The number of carbonyl (C=O) groups excluding carboxylic acids is 3. The van der Waals surface area contributed by atoms with Crippen LogP contribution in [0, 0.1) is 0 Å². The van der Waals surface area contributed by atoms with Gasteiger partial charge in [-0.3, -0.25) is 14.4 Å². The molecule has 0 rings (SSSR count). The molecule has 0 amide bonds. The Morgan fingerprint density at radius 3 is 0.906 bits per heavy atom. The van der Waals surface area contributed by atoms with Crippen molar-refractivity contribution in [1.29, 1.82) is 0 Å². The quantitative estimate of drug-likeness (QED) is 0.0262. The molecule has 0 aliphatic rings. The van der Waals surface area contributed by atoms with E-state index in [2.05, 4.69) is 57.2 Å². The molecule has 0 bridgehead atoms. The zero-order valence-electron chi connectivity index (χ0n) is 42.8. The topological polar surface area (TPSA) is 78.9 Å². The van der Waals surface area contributed by atoms with E-state index in [1.807, 2.05) is 0 Å². The summed E-state index contributed by atoms with van der Waals surface area (Å²) in [7, 11) is 0. The lowest BCUT2D eigenvalue weighted by atomic mass is 10.0. The van der Waals surface area contributed by atoms with Gasteiger partial charge in [-0.15, -0.1) is 0 Å². The highest BCUT2D eigenvalue weighted by atomic mass is 16.6. The fourth-order valence-corrected chi connectivity index (χ4v) is 8.12. The van der Waals surface area contributed by atoms with Gasteiger partial charge >= 0.3 is 17.9 Å². The van der Waals surface area contributed by atoms with E-state index in [9.17, 15) is 14.4 Å². The van der Waals surface area contributed by atoms with Crippen molar-refractivity contribution in [2.45, 2.75) is 303 Å². The average Bonchev–Trinajstić information content (AvgIpc) is 3.29.